The third-order valence-corrected chi connectivity index (χ3v) is 3.11. The maximum atomic E-state index is 11.8. The second kappa shape index (κ2) is 4.44. The van der Waals surface area contributed by atoms with Gasteiger partial charge >= 0.3 is 0 Å². The Hall–Kier alpha value is -1.06. The Kier molecular flexibility index (Phi) is 3.17. The van der Waals surface area contributed by atoms with Crippen LogP contribution in [0.25, 0.3) is 0 Å². The maximum absolute atomic E-state index is 11.8. The molecule has 0 spiro atoms. The minimum atomic E-state index is 0.137. The number of carbonyl (C=O) groups excluding carboxylic acids is 1. The molecule has 0 saturated carbocycles. The number of rotatable bonds is 3. The van der Waals surface area contributed by atoms with E-state index >= 15 is 0 Å². The SMILES string of the molecule is CC(CN)CN1C(=O)Cc2ccc(Cl)cc21. The van der Waals surface area contributed by atoms with Crippen molar-refractivity contribution in [1.82, 2.24) is 0 Å². The molecule has 2 N–H and O–H groups in total. The van der Waals surface area contributed by atoms with Gasteiger partial charge in [-0.05, 0) is 30.2 Å². The molecule has 0 radical (unpaired) electrons. The number of halogens is 1. The molecule has 1 unspecified atom stereocenters. The zero-order valence-corrected chi connectivity index (χ0v) is 10.00. The normalized spacial score (nSPS) is 16.4. The van der Waals surface area contributed by atoms with Crippen molar-refractivity contribution in [1.29, 1.82) is 0 Å². The van der Waals surface area contributed by atoms with Crippen LogP contribution in [0.15, 0.2) is 18.2 Å². The zero-order valence-electron chi connectivity index (χ0n) is 9.24. The van der Waals surface area contributed by atoms with Gasteiger partial charge in [0, 0.05) is 17.3 Å². The van der Waals surface area contributed by atoms with Crippen LogP contribution >= 0.6 is 11.6 Å². The van der Waals surface area contributed by atoms with E-state index in [1.807, 2.05) is 25.1 Å². The summed E-state index contributed by atoms with van der Waals surface area (Å²) in [4.78, 5) is 13.6. The third-order valence-electron chi connectivity index (χ3n) is 2.88. The Labute approximate surface area is 100 Å². The number of hydrogen-bond acceptors (Lipinski definition) is 2. The molecule has 1 aromatic carbocycles. The fraction of sp³-hybridized carbons (Fsp3) is 0.417. The van der Waals surface area contributed by atoms with Crippen LogP contribution in [-0.2, 0) is 11.2 Å². The van der Waals surface area contributed by atoms with Crippen molar-refractivity contribution >= 4 is 23.2 Å². The minimum Gasteiger partial charge on any atom is -0.330 e. The Morgan fingerprint density at radius 3 is 3.00 bits per heavy atom. The molecule has 3 nitrogen and oxygen atoms in total. The van der Waals surface area contributed by atoms with Gasteiger partial charge in [0.25, 0.3) is 0 Å². The Morgan fingerprint density at radius 1 is 1.56 bits per heavy atom. The summed E-state index contributed by atoms with van der Waals surface area (Å²) in [5.41, 5.74) is 7.58. The highest BCUT2D eigenvalue weighted by molar-refractivity contribution is 6.31. The van der Waals surface area contributed by atoms with Crippen molar-refractivity contribution in [3.05, 3.63) is 28.8 Å². The van der Waals surface area contributed by atoms with E-state index in [0.29, 0.717) is 30.5 Å². The van der Waals surface area contributed by atoms with Gasteiger partial charge in [-0.3, -0.25) is 4.79 Å². The molecule has 0 fully saturated rings. The van der Waals surface area contributed by atoms with Crippen LogP contribution in [0.3, 0.4) is 0 Å². The molecule has 16 heavy (non-hydrogen) atoms. The van der Waals surface area contributed by atoms with Crippen molar-refractivity contribution in [2.45, 2.75) is 13.3 Å². The van der Waals surface area contributed by atoms with Crippen molar-refractivity contribution < 1.29 is 4.79 Å². The standard InChI is InChI=1S/C12H15ClN2O/c1-8(6-14)7-15-11-5-10(13)3-2-9(11)4-12(15)16/h2-3,5,8H,4,6-7,14H2,1H3. The van der Waals surface area contributed by atoms with Gasteiger partial charge in [0.15, 0.2) is 0 Å². The van der Waals surface area contributed by atoms with Crippen LogP contribution in [0.1, 0.15) is 12.5 Å². The second-order valence-electron chi connectivity index (χ2n) is 4.30. The van der Waals surface area contributed by atoms with E-state index in [1.165, 1.54) is 0 Å². The van der Waals surface area contributed by atoms with E-state index in [0.717, 1.165) is 11.3 Å². The van der Waals surface area contributed by atoms with Crippen molar-refractivity contribution in [3.8, 4) is 0 Å². The molecule has 4 heteroatoms. The number of carbonyl (C=O) groups is 1. The van der Waals surface area contributed by atoms with Gasteiger partial charge in [-0.1, -0.05) is 24.6 Å². The summed E-state index contributed by atoms with van der Waals surface area (Å²) in [5, 5.41) is 0.666. The Bertz CT molecular complexity index is 419. The van der Waals surface area contributed by atoms with Crippen LogP contribution in [0, 0.1) is 5.92 Å². The smallest absolute Gasteiger partial charge is 0.231 e. The molecule has 0 saturated heterocycles. The van der Waals surface area contributed by atoms with Crippen LogP contribution < -0.4 is 10.6 Å². The molecule has 1 heterocycles. The van der Waals surface area contributed by atoms with Crippen molar-refractivity contribution in [3.63, 3.8) is 0 Å². The van der Waals surface area contributed by atoms with E-state index in [4.69, 9.17) is 17.3 Å². The lowest BCUT2D eigenvalue weighted by Crippen LogP contribution is -2.33. The maximum Gasteiger partial charge on any atom is 0.231 e. The molecular weight excluding hydrogens is 224 g/mol. The summed E-state index contributed by atoms with van der Waals surface area (Å²) in [5.74, 6) is 0.437. The first-order valence-electron chi connectivity index (χ1n) is 5.40. The minimum absolute atomic E-state index is 0.137. The van der Waals surface area contributed by atoms with Crippen molar-refractivity contribution in [2.75, 3.05) is 18.0 Å². The number of amides is 1. The molecule has 1 aliphatic heterocycles. The Balaban J connectivity index is 2.28. The van der Waals surface area contributed by atoms with Gasteiger partial charge in [-0.15, -0.1) is 0 Å². The third kappa shape index (κ3) is 2.06. The molecule has 86 valence electrons. The van der Waals surface area contributed by atoms with E-state index in [-0.39, 0.29) is 5.91 Å². The van der Waals surface area contributed by atoms with Crippen LogP contribution in [0.2, 0.25) is 5.02 Å². The fourth-order valence-electron chi connectivity index (χ4n) is 1.92. The first kappa shape index (κ1) is 11.4. The highest BCUT2D eigenvalue weighted by Gasteiger charge is 2.27. The predicted octanol–water partition coefficient (Wildman–Crippen LogP) is 1.82. The first-order valence-corrected chi connectivity index (χ1v) is 5.78. The van der Waals surface area contributed by atoms with Gasteiger partial charge in [-0.2, -0.15) is 0 Å². The zero-order chi connectivity index (χ0) is 11.7. The number of nitrogens with two attached hydrogens (primary N) is 1. The molecule has 2 rings (SSSR count). The monoisotopic (exact) mass is 238 g/mol. The molecule has 1 aliphatic rings. The highest BCUT2D eigenvalue weighted by atomic mass is 35.5. The van der Waals surface area contributed by atoms with Crippen LogP contribution in [-0.4, -0.2) is 19.0 Å². The average molecular weight is 239 g/mol. The molecule has 0 aromatic heterocycles. The lowest BCUT2D eigenvalue weighted by Gasteiger charge is -2.21. The van der Waals surface area contributed by atoms with Gasteiger partial charge in [0.1, 0.15) is 0 Å². The van der Waals surface area contributed by atoms with E-state index < -0.39 is 0 Å². The summed E-state index contributed by atoms with van der Waals surface area (Å²) >= 11 is 5.94. The lowest BCUT2D eigenvalue weighted by molar-refractivity contribution is -0.117. The number of fused-ring (bicyclic) bond motifs is 1. The van der Waals surface area contributed by atoms with Crippen molar-refractivity contribution in [2.24, 2.45) is 11.7 Å². The quantitative estimate of drug-likeness (QED) is 0.873. The molecule has 1 amide bonds. The van der Waals surface area contributed by atoms with Gasteiger partial charge in [0.2, 0.25) is 5.91 Å². The number of hydrogen-bond donors (Lipinski definition) is 1. The molecular formula is C12H15ClN2O. The largest absolute Gasteiger partial charge is 0.330 e. The van der Waals surface area contributed by atoms with Crippen LogP contribution in [0.5, 0.6) is 0 Å². The summed E-state index contributed by atoms with van der Waals surface area (Å²) in [6, 6.07) is 5.59. The fourth-order valence-corrected chi connectivity index (χ4v) is 2.08. The molecule has 1 atom stereocenters. The van der Waals surface area contributed by atoms with E-state index in [9.17, 15) is 4.79 Å². The van der Waals surface area contributed by atoms with Gasteiger partial charge < -0.3 is 10.6 Å². The average Bonchev–Trinajstić information content (AvgIpc) is 2.55. The van der Waals surface area contributed by atoms with E-state index in [1.54, 1.807) is 4.90 Å². The second-order valence-corrected chi connectivity index (χ2v) is 4.73. The molecule has 0 bridgehead atoms. The highest BCUT2D eigenvalue weighted by Crippen LogP contribution is 2.31. The van der Waals surface area contributed by atoms with E-state index in [2.05, 4.69) is 0 Å². The summed E-state index contributed by atoms with van der Waals surface area (Å²) in [6.07, 6.45) is 0.476. The van der Waals surface area contributed by atoms with Crippen LogP contribution in [0.4, 0.5) is 5.69 Å². The number of benzene rings is 1. The van der Waals surface area contributed by atoms with Gasteiger partial charge in [-0.25, -0.2) is 0 Å². The topological polar surface area (TPSA) is 46.3 Å². The summed E-state index contributed by atoms with van der Waals surface area (Å²) in [7, 11) is 0. The molecule has 0 aliphatic carbocycles. The predicted molar refractivity (Wildman–Crippen MR) is 65.7 cm³/mol. The number of nitrogens with zero attached hydrogens (tertiary/aromatic N) is 1. The summed E-state index contributed by atoms with van der Waals surface area (Å²) in [6.45, 7) is 3.29. The first-order chi connectivity index (χ1) is 7.61. The number of anilines is 1. The lowest BCUT2D eigenvalue weighted by atomic mass is 10.1. The molecule has 1 aromatic rings. The summed E-state index contributed by atoms with van der Waals surface area (Å²) < 4.78 is 0. The Morgan fingerprint density at radius 2 is 2.31 bits per heavy atom. The van der Waals surface area contributed by atoms with Gasteiger partial charge in [0.05, 0.1) is 6.42 Å².